The first-order chi connectivity index (χ1) is 7.68. The number of fused-ring (bicyclic) bond motifs is 3. The number of hydrogen-bond acceptors (Lipinski definition) is 1. The maximum atomic E-state index is 6.26. The van der Waals surface area contributed by atoms with E-state index in [1.807, 2.05) is 30.8 Å². The van der Waals surface area contributed by atoms with Gasteiger partial charge in [-0.15, -0.1) is 0 Å². The van der Waals surface area contributed by atoms with Crippen molar-refractivity contribution in [3.05, 3.63) is 35.1 Å². The summed E-state index contributed by atoms with van der Waals surface area (Å²) in [6, 6.07) is 6.22. The van der Waals surface area contributed by atoms with Crippen LogP contribution < -0.4 is 4.57 Å². The lowest BCUT2D eigenvalue weighted by Crippen LogP contribution is -2.31. The number of nitrogens with zero attached hydrogens (tertiary/aromatic N) is 2. The molecule has 1 N–H and O–H groups in total. The van der Waals surface area contributed by atoms with E-state index in [4.69, 9.17) is 11.6 Å². The van der Waals surface area contributed by atoms with Crippen LogP contribution in [-0.2, 0) is 7.05 Å². The molecule has 0 aliphatic rings. The number of halogens is 1. The fourth-order valence-corrected chi connectivity index (χ4v) is 2.30. The Hall–Kier alpha value is -1.61. The van der Waals surface area contributed by atoms with E-state index >= 15 is 0 Å². The number of aromatic amines is 1. The van der Waals surface area contributed by atoms with Gasteiger partial charge >= 0.3 is 0 Å². The molecule has 0 radical (unpaired) electrons. The summed E-state index contributed by atoms with van der Waals surface area (Å²) >= 11 is 6.26. The van der Waals surface area contributed by atoms with Crippen LogP contribution in [0.3, 0.4) is 0 Å². The molecule has 3 rings (SSSR count). The van der Waals surface area contributed by atoms with Gasteiger partial charge in [-0.25, -0.2) is 0 Å². The van der Waals surface area contributed by atoms with Crippen molar-refractivity contribution in [3.63, 3.8) is 0 Å². The Labute approximate surface area is 97.7 Å². The quantitative estimate of drug-likeness (QED) is 0.469. The van der Waals surface area contributed by atoms with Crippen LogP contribution >= 0.6 is 11.6 Å². The second kappa shape index (κ2) is 3.19. The molecule has 2 aromatic heterocycles. The molecule has 0 saturated carbocycles. The molecule has 4 heteroatoms. The van der Waals surface area contributed by atoms with Crippen LogP contribution in [0.2, 0.25) is 5.15 Å². The number of aryl methyl sites for hydroxylation is 2. The van der Waals surface area contributed by atoms with Gasteiger partial charge in [0.2, 0.25) is 5.52 Å². The Balaban J connectivity index is 2.63. The van der Waals surface area contributed by atoms with Gasteiger partial charge in [0.1, 0.15) is 7.05 Å². The van der Waals surface area contributed by atoms with Crippen molar-refractivity contribution in [2.45, 2.75) is 6.92 Å². The van der Waals surface area contributed by atoms with Crippen molar-refractivity contribution in [1.29, 1.82) is 0 Å². The van der Waals surface area contributed by atoms with Gasteiger partial charge in [0.15, 0.2) is 0 Å². The Bertz CT molecular complexity index is 700. The van der Waals surface area contributed by atoms with Crippen molar-refractivity contribution in [3.8, 4) is 0 Å². The topological polar surface area (TPSA) is 32.6 Å². The summed E-state index contributed by atoms with van der Waals surface area (Å²) in [7, 11) is 1.98. The van der Waals surface area contributed by atoms with Crippen LogP contribution in [0.25, 0.3) is 21.8 Å². The standard InChI is InChI=1S/C12H10ClN3/c1-7-5-8-3-4-10-9(6-14-15-10)11(8)16(2)12(7)13/h3-6H,1-2H3/p+1. The summed E-state index contributed by atoms with van der Waals surface area (Å²) in [4.78, 5) is 0. The molecular formula is C12H11ClN3+. The third kappa shape index (κ3) is 1.15. The number of rotatable bonds is 0. The first-order valence-corrected chi connectivity index (χ1v) is 5.47. The average Bonchev–Trinajstić information content (AvgIpc) is 2.73. The molecule has 1 aromatic carbocycles. The number of benzene rings is 1. The van der Waals surface area contributed by atoms with Crippen LogP contribution in [0, 0.1) is 6.92 Å². The minimum atomic E-state index is 0.765. The lowest BCUT2D eigenvalue weighted by molar-refractivity contribution is -0.642. The summed E-state index contributed by atoms with van der Waals surface area (Å²) in [6.45, 7) is 2.02. The van der Waals surface area contributed by atoms with Crippen molar-refractivity contribution in [1.82, 2.24) is 10.2 Å². The summed E-state index contributed by atoms with van der Waals surface area (Å²) < 4.78 is 2.00. The van der Waals surface area contributed by atoms with Gasteiger partial charge in [0.05, 0.1) is 17.1 Å². The third-order valence-corrected chi connectivity index (χ3v) is 3.51. The van der Waals surface area contributed by atoms with Crippen LogP contribution in [0.15, 0.2) is 24.4 Å². The van der Waals surface area contributed by atoms with Crippen LogP contribution in [-0.4, -0.2) is 10.2 Å². The van der Waals surface area contributed by atoms with E-state index in [0.29, 0.717) is 0 Å². The molecule has 0 spiro atoms. The van der Waals surface area contributed by atoms with Crippen molar-refractivity contribution < 1.29 is 4.57 Å². The predicted molar refractivity (Wildman–Crippen MR) is 64.5 cm³/mol. The van der Waals surface area contributed by atoms with E-state index in [2.05, 4.69) is 22.3 Å². The maximum Gasteiger partial charge on any atom is 0.278 e. The number of aromatic nitrogens is 3. The Morgan fingerprint density at radius 2 is 2.19 bits per heavy atom. The number of H-pyrrole nitrogens is 1. The molecule has 0 aliphatic carbocycles. The first kappa shape index (κ1) is 9.60. The number of nitrogens with one attached hydrogen (secondary N) is 1. The zero-order valence-electron chi connectivity index (χ0n) is 9.08. The molecule has 16 heavy (non-hydrogen) atoms. The lowest BCUT2D eigenvalue weighted by atomic mass is 10.1. The Morgan fingerprint density at radius 3 is 3.00 bits per heavy atom. The second-order valence-corrected chi connectivity index (χ2v) is 4.37. The highest BCUT2D eigenvalue weighted by Gasteiger charge is 2.16. The predicted octanol–water partition coefficient (Wildman–Crippen LogP) is 2.50. The fraction of sp³-hybridized carbons (Fsp3) is 0.167. The van der Waals surface area contributed by atoms with Crippen LogP contribution in [0.4, 0.5) is 0 Å². The van der Waals surface area contributed by atoms with E-state index in [0.717, 1.165) is 27.1 Å². The number of pyridine rings is 1. The van der Waals surface area contributed by atoms with Crippen LogP contribution in [0.5, 0.6) is 0 Å². The van der Waals surface area contributed by atoms with Crippen molar-refractivity contribution in [2.75, 3.05) is 0 Å². The van der Waals surface area contributed by atoms with E-state index in [1.54, 1.807) is 0 Å². The highest BCUT2D eigenvalue weighted by molar-refractivity contribution is 6.29. The first-order valence-electron chi connectivity index (χ1n) is 5.09. The fourth-order valence-electron chi connectivity index (χ4n) is 2.17. The minimum Gasteiger partial charge on any atom is -0.278 e. The third-order valence-electron chi connectivity index (χ3n) is 2.95. The van der Waals surface area contributed by atoms with E-state index in [1.165, 1.54) is 5.39 Å². The molecule has 80 valence electrons. The van der Waals surface area contributed by atoms with Crippen molar-refractivity contribution in [2.24, 2.45) is 7.05 Å². The average molecular weight is 233 g/mol. The molecule has 0 saturated heterocycles. The zero-order valence-corrected chi connectivity index (χ0v) is 9.84. The van der Waals surface area contributed by atoms with Crippen molar-refractivity contribution >= 4 is 33.4 Å². The van der Waals surface area contributed by atoms with Gasteiger partial charge < -0.3 is 0 Å². The molecule has 3 aromatic rings. The summed E-state index contributed by atoms with van der Waals surface area (Å²) in [5.74, 6) is 0. The van der Waals surface area contributed by atoms with E-state index in [9.17, 15) is 0 Å². The van der Waals surface area contributed by atoms with Gasteiger partial charge in [-0.1, -0.05) is 0 Å². The Morgan fingerprint density at radius 1 is 1.38 bits per heavy atom. The highest BCUT2D eigenvalue weighted by atomic mass is 35.5. The summed E-state index contributed by atoms with van der Waals surface area (Å²) in [5, 5.41) is 10.1. The molecule has 0 aliphatic heterocycles. The molecule has 0 amide bonds. The largest absolute Gasteiger partial charge is 0.278 e. The zero-order chi connectivity index (χ0) is 11.3. The normalized spacial score (nSPS) is 11.4. The number of hydrogen-bond donors (Lipinski definition) is 1. The molecule has 0 fully saturated rings. The lowest BCUT2D eigenvalue weighted by Gasteiger charge is -2.02. The SMILES string of the molecule is Cc1cc2ccc3[nH]ncc3c2[n+](C)c1Cl. The van der Waals surface area contributed by atoms with Crippen LogP contribution in [0.1, 0.15) is 5.56 Å². The van der Waals surface area contributed by atoms with E-state index in [-0.39, 0.29) is 0 Å². The minimum absolute atomic E-state index is 0.765. The van der Waals surface area contributed by atoms with Gasteiger partial charge in [-0.2, -0.15) is 9.67 Å². The molecule has 2 heterocycles. The molecular weight excluding hydrogens is 222 g/mol. The molecule has 0 unspecified atom stereocenters. The van der Waals surface area contributed by atoms with E-state index < -0.39 is 0 Å². The monoisotopic (exact) mass is 232 g/mol. The summed E-state index contributed by atoms with van der Waals surface area (Å²) in [5.41, 5.74) is 3.23. The summed E-state index contributed by atoms with van der Waals surface area (Å²) in [6.07, 6.45) is 1.84. The molecule has 0 bridgehead atoms. The van der Waals surface area contributed by atoms with Gasteiger partial charge in [-0.3, -0.25) is 5.10 Å². The second-order valence-electron chi connectivity index (χ2n) is 4.01. The highest BCUT2D eigenvalue weighted by Crippen LogP contribution is 2.24. The van der Waals surface area contributed by atoms with Gasteiger partial charge in [-0.05, 0) is 36.7 Å². The Kier molecular flexibility index (Phi) is 1.91. The smallest absolute Gasteiger partial charge is 0.278 e. The van der Waals surface area contributed by atoms with Gasteiger partial charge in [0, 0.05) is 10.9 Å². The molecule has 0 atom stereocenters. The molecule has 3 nitrogen and oxygen atoms in total. The maximum absolute atomic E-state index is 6.26. The van der Waals surface area contributed by atoms with Gasteiger partial charge in [0.25, 0.3) is 5.15 Å².